The van der Waals surface area contributed by atoms with E-state index in [1.165, 1.54) is 31.4 Å². The zero-order valence-electron chi connectivity index (χ0n) is 12.4. The van der Waals surface area contributed by atoms with Crippen molar-refractivity contribution in [3.63, 3.8) is 0 Å². The molecule has 0 spiro atoms. The van der Waals surface area contributed by atoms with Crippen molar-refractivity contribution >= 4 is 9.84 Å². The third kappa shape index (κ3) is 3.30. The smallest absolute Gasteiger partial charge is 0.189 e. The van der Waals surface area contributed by atoms with Crippen molar-refractivity contribution in [3.8, 4) is 11.5 Å². The molecule has 0 aromatic heterocycles. The molecule has 0 radical (unpaired) electrons. The number of ether oxygens (including phenoxy) is 3. The van der Waals surface area contributed by atoms with Gasteiger partial charge in [0.2, 0.25) is 0 Å². The van der Waals surface area contributed by atoms with Crippen molar-refractivity contribution in [1.82, 2.24) is 0 Å². The molecule has 0 unspecified atom stereocenters. The van der Waals surface area contributed by atoms with Gasteiger partial charge in [-0.1, -0.05) is 0 Å². The van der Waals surface area contributed by atoms with Gasteiger partial charge in [0.25, 0.3) is 0 Å². The molecule has 0 bridgehead atoms. The van der Waals surface area contributed by atoms with Crippen LogP contribution in [0, 0.1) is 5.82 Å². The first-order chi connectivity index (χ1) is 11.0. The predicted octanol–water partition coefficient (Wildman–Crippen LogP) is 2.67. The van der Waals surface area contributed by atoms with E-state index in [9.17, 15) is 12.8 Å². The lowest BCUT2D eigenvalue weighted by Gasteiger charge is -2.20. The number of methoxy groups -OCH3 is 1. The van der Waals surface area contributed by atoms with Crippen LogP contribution in [0.2, 0.25) is 0 Å². The number of fused-ring (bicyclic) bond motifs is 1. The standard InChI is InChI=1S/C16H15FO5S/c1-20-14-2-4-15(5-3-14)23(18,19)9-12-7-13(17)6-11-8-21-10-22-16(11)12/h2-7H,8-10H2,1H3. The average molecular weight is 338 g/mol. The van der Waals surface area contributed by atoms with Crippen LogP contribution in [0.5, 0.6) is 11.5 Å². The van der Waals surface area contributed by atoms with Crippen LogP contribution in [0.25, 0.3) is 0 Å². The fraction of sp³-hybridized carbons (Fsp3) is 0.250. The van der Waals surface area contributed by atoms with E-state index in [0.717, 1.165) is 0 Å². The monoisotopic (exact) mass is 338 g/mol. The molecule has 1 aliphatic rings. The molecule has 1 heterocycles. The summed E-state index contributed by atoms with van der Waals surface area (Å²) >= 11 is 0. The Kier molecular flexibility index (Phi) is 4.23. The quantitative estimate of drug-likeness (QED) is 0.858. The first-order valence-electron chi connectivity index (χ1n) is 6.88. The molecule has 23 heavy (non-hydrogen) atoms. The van der Waals surface area contributed by atoms with Crippen molar-refractivity contribution in [1.29, 1.82) is 0 Å². The molecular weight excluding hydrogens is 323 g/mol. The summed E-state index contributed by atoms with van der Waals surface area (Å²) in [5.41, 5.74) is 0.801. The van der Waals surface area contributed by atoms with Crippen molar-refractivity contribution in [2.45, 2.75) is 17.3 Å². The van der Waals surface area contributed by atoms with Crippen LogP contribution in [-0.4, -0.2) is 22.3 Å². The minimum absolute atomic E-state index is 0.0220. The van der Waals surface area contributed by atoms with E-state index in [0.29, 0.717) is 22.6 Å². The second kappa shape index (κ2) is 6.17. The van der Waals surface area contributed by atoms with Gasteiger partial charge in [-0.3, -0.25) is 0 Å². The highest BCUT2D eigenvalue weighted by atomic mass is 32.2. The predicted molar refractivity (Wildman–Crippen MR) is 80.6 cm³/mol. The number of sulfone groups is 1. The molecule has 2 aromatic carbocycles. The Balaban J connectivity index is 1.95. The van der Waals surface area contributed by atoms with E-state index in [-0.39, 0.29) is 24.0 Å². The van der Waals surface area contributed by atoms with Gasteiger partial charge in [-0.05, 0) is 36.4 Å². The Bertz CT molecular complexity index is 815. The number of hydrogen-bond acceptors (Lipinski definition) is 5. The zero-order valence-corrected chi connectivity index (χ0v) is 13.2. The van der Waals surface area contributed by atoms with Crippen LogP contribution in [0.3, 0.4) is 0 Å². The third-order valence-electron chi connectivity index (χ3n) is 3.52. The Morgan fingerprint density at radius 1 is 1.22 bits per heavy atom. The molecule has 5 nitrogen and oxygen atoms in total. The van der Waals surface area contributed by atoms with E-state index in [2.05, 4.69) is 0 Å². The molecule has 0 saturated carbocycles. The second-order valence-corrected chi connectivity index (χ2v) is 7.09. The SMILES string of the molecule is COc1ccc(S(=O)(=O)Cc2cc(F)cc3c2OCOC3)cc1. The van der Waals surface area contributed by atoms with Gasteiger partial charge in [0.05, 0.1) is 24.4 Å². The van der Waals surface area contributed by atoms with Crippen LogP contribution in [-0.2, 0) is 26.9 Å². The lowest BCUT2D eigenvalue weighted by molar-refractivity contribution is -0.0171. The summed E-state index contributed by atoms with van der Waals surface area (Å²) < 4.78 is 54.3. The van der Waals surface area contributed by atoms with Crippen molar-refractivity contribution in [3.05, 3.63) is 53.3 Å². The van der Waals surface area contributed by atoms with Crippen molar-refractivity contribution < 1.29 is 27.0 Å². The normalized spacial score (nSPS) is 14.0. The summed E-state index contributed by atoms with van der Waals surface area (Å²) in [6, 6.07) is 8.54. The molecule has 7 heteroatoms. The number of rotatable bonds is 4. The second-order valence-electron chi connectivity index (χ2n) is 5.10. The molecule has 0 fully saturated rings. The summed E-state index contributed by atoms with van der Waals surface area (Å²) in [7, 11) is -2.13. The summed E-state index contributed by atoms with van der Waals surface area (Å²) in [5, 5.41) is 0. The fourth-order valence-electron chi connectivity index (χ4n) is 2.44. The molecule has 0 aliphatic carbocycles. The van der Waals surface area contributed by atoms with E-state index in [1.807, 2.05) is 0 Å². The minimum atomic E-state index is -3.63. The van der Waals surface area contributed by atoms with E-state index >= 15 is 0 Å². The highest BCUT2D eigenvalue weighted by molar-refractivity contribution is 7.90. The Labute approximate surface area is 133 Å². The lowest BCUT2D eigenvalue weighted by Crippen LogP contribution is -2.15. The van der Waals surface area contributed by atoms with E-state index < -0.39 is 15.7 Å². The van der Waals surface area contributed by atoms with Gasteiger partial charge in [0, 0.05) is 11.1 Å². The molecule has 0 N–H and O–H groups in total. The average Bonchev–Trinajstić information content (AvgIpc) is 2.54. The van der Waals surface area contributed by atoms with Gasteiger partial charge >= 0.3 is 0 Å². The minimum Gasteiger partial charge on any atom is -0.497 e. The van der Waals surface area contributed by atoms with Gasteiger partial charge < -0.3 is 14.2 Å². The van der Waals surface area contributed by atoms with Crippen LogP contribution in [0.4, 0.5) is 4.39 Å². The summed E-state index contributed by atoms with van der Waals surface area (Å²) in [6.07, 6.45) is 0. The van der Waals surface area contributed by atoms with E-state index in [1.54, 1.807) is 12.1 Å². The molecule has 0 amide bonds. The Morgan fingerprint density at radius 3 is 2.65 bits per heavy atom. The van der Waals surface area contributed by atoms with Gasteiger partial charge in [-0.15, -0.1) is 0 Å². The maximum atomic E-state index is 13.7. The van der Waals surface area contributed by atoms with Crippen molar-refractivity contribution in [2.75, 3.05) is 13.9 Å². The van der Waals surface area contributed by atoms with Crippen LogP contribution >= 0.6 is 0 Å². The Morgan fingerprint density at radius 2 is 1.96 bits per heavy atom. The number of benzene rings is 2. The molecule has 1 aliphatic heterocycles. The van der Waals surface area contributed by atoms with E-state index in [4.69, 9.17) is 14.2 Å². The zero-order chi connectivity index (χ0) is 16.4. The lowest BCUT2D eigenvalue weighted by atomic mass is 10.1. The van der Waals surface area contributed by atoms with Crippen LogP contribution in [0.15, 0.2) is 41.3 Å². The highest BCUT2D eigenvalue weighted by Gasteiger charge is 2.23. The van der Waals surface area contributed by atoms with Crippen molar-refractivity contribution in [2.24, 2.45) is 0 Å². The molecule has 0 saturated heterocycles. The maximum absolute atomic E-state index is 13.7. The van der Waals surface area contributed by atoms with Gasteiger partial charge in [0.1, 0.15) is 17.3 Å². The number of halogens is 1. The number of hydrogen-bond donors (Lipinski definition) is 0. The molecule has 122 valence electrons. The molecule has 0 atom stereocenters. The van der Waals surface area contributed by atoms with Gasteiger partial charge in [-0.25, -0.2) is 12.8 Å². The maximum Gasteiger partial charge on any atom is 0.189 e. The molecular formula is C16H15FO5S. The topological polar surface area (TPSA) is 61.8 Å². The first-order valence-corrected chi connectivity index (χ1v) is 8.53. The molecule has 3 rings (SSSR count). The van der Waals surface area contributed by atoms with Gasteiger partial charge in [-0.2, -0.15) is 0 Å². The summed E-state index contributed by atoms with van der Waals surface area (Å²) in [4.78, 5) is 0.142. The molecule has 2 aromatic rings. The largest absolute Gasteiger partial charge is 0.497 e. The summed E-state index contributed by atoms with van der Waals surface area (Å²) in [6.45, 7) is 0.219. The fourth-order valence-corrected chi connectivity index (χ4v) is 3.78. The Hall–Kier alpha value is -2.12. The first kappa shape index (κ1) is 15.8. The summed E-state index contributed by atoms with van der Waals surface area (Å²) in [5.74, 6) is 0.0828. The van der Waals surface area contributed by atoms with Crippen LogP contribution in [0.1, 0.15) is 11.1 Å². The highest BCUT2D eigenvalue weighted by Crippen LogP contribution is 2.32. The third-order valence-corrected chi connectivity index (χ3v) is 5.20. The van der Waals surface area contributed by atoms with Gasteiger partial charge in [0.15, 0.2) is 16.6 Å². The van der Waals surface area contributed by atoms with Crippen LogP contribution < -0.4 is 9.47 Å².